The van der Waals surface area contributed by atoms with Crippen molar-refractivity contribution in [1.29, 1.82) is 0 Å². The van der Waals surface area contributed by atoms with Gasteiger partial charge in [-0.15, -0.1) is 0 Å². The van der Waals surface area contributed by atoms with E-state index in [0.717, 1.165) is 32.0 Å². The largest absolute Gasteiger partial charge is 0.300 e. The molecular weight excluding hydrogens is 342 g/mol. The van der Waals surface area contributed by atoms with Crippen LogP contribution in [0.1, 0.15) is 44.6 Å². The molecule has 1 aromatic carbocycles. The summed E-state index contributed by atoms with van der Waals surface area (Å²) < 4.78 is 27.2. The second kappa shape index (κ2) is 8.73. The third-order valence-corrected chi connectivity index (χ3v) is 6.28. The fourth-order valence-corrected chi connectivity index (χ4v) is 4.44. The molecule has 1 saturated heterocycles. The molecule has 0 bridgehead atoms. The Bertz CT molecular complexity index is 706. The summed E-state index contributed by atoms with van der Waals surface area (Å²) in [5.41, 5.74) is 0.265. The van der Waals surface area contributed by atoms with Gasteiger partial charge in [0.2, 0.25) is 10.0 Å². The molecule has 0 radical (unpaired) electrons. The molecule has 1 heterocycles. The lowest BCUT2D eigenvalue weighted by Gasteiger charge is -2.35. The Labute approximate surface area is 149 Å². The number of nitro groups is 1. The van der Waals surface area contributed by atoms with Crippen molar-refractivity contribution in [3.8, 4) is 0 Å². The molecule has 0 aromatic heterocycles. The number of nitrogens with zero attached hydrogens (tertiary/aromatic N) is 2. The van der Waals surface area contributed by atoms with Gasteiger partial charge in [-0.3, -0.25) is 10.1 Å². The van der Waals surface area contributed by atoms with Crippen LogP contribution in [0.25, 0.3) is 0 Å². The van der Waals surface area contributed by atoms with Crippen LogP contribution in [0.5, 0.6) is 0 Å². The first-order valence-corrected chi connectivity index (χ1v) is 10.3. The van der Waals surface area contributed by atoms with Crippen molar-refractivity contribution in [1.82, 2.24) is 9.62 Å². The molecule has 0 aliphatic carbocycles. The molecule has 2 rings (SSSR count). The Balaban J connectivity index is 1.91. The minimum Gasteiger partial charge on any atom is -0.300 e. The van der Waals surface area contributed by atoms with Gasteiger partial charge in [0.1, 0.15) is 0 Å². The Morgan fingerprint density at radius 2 is 2.12 bits per heavy atom. The Hall–Kier alpha value is -1.51. The first-order valence-electron chi connectivity index (χ1n) is 8.84. The summed E-state index contributed by atoms with van der Waals surface area (Å²) in [5, 5.41) is 11.0. The molecule has 7 nitrogen and oxygen atoms in total. The van der Waals surface area contributed by atoms with Crippen LogP contribution in [0.4, 0.5) is 5.69 Å². The van der Waals surface area contributed by atoms with Crippen LogP contribution in [-0.2, 0) is 10.0 Å². The first kappa shape index (κ1) is 19.8. The van der Waals surface area contributed by atoms with Gasteiger partial charge in [0.05, 0.1) is 9.82 Å². The predicted molar refractivity (Wildman–Crippen MR) is 97.1 cm³/mol. The number of hydrogen-bond acceptors (Lipinski definition) is 5. The van der Waals surface area contributed by atoms with Gasteiger partial charge in [0.15, 0.2) is 0 Å². The molecule has 25 heavy (non-hydrogen) atoms. The first-order chi connectivity index (χ1) is 11.8. The van der Waals surface area contributed by atoms with Gasteiger partial charge < -0.3 is 4.90 Å². The van der Waals surface area contributed by atoms with Crippen LogP contribution in [0.15, 0.2) is 23.1 Å². The van der Waals surface area contributed by atoms with E-state index in [1.807, 2.05) is 0 Å². The van der Waals surface area contributed by atoms with Crippen molar-refractivity contribution >= 4 is 15.7 Å². The standard InChI is InChI=1S/C17H27N3O4S/c1-3-15-7-4-5-11-19(15)12-6-10-18-25(23,24)16-9-8-14(2)17(13-16)20(21)22/h8-9,13,15,18H,3-7,10-12H2,1-2H3. The molecule has 1 aliphatic heterocycles. The minimum atomic E-state index is -3.73. The quantitative estimate of drug-likeness (QED) is 0.432. The molecule has 140 valence electrons. The van der Waals surface area contributed by atoms with Crippen LogP contribution in [0, 0.1) is 17.0 Å². The molecule has 1 fully saturated rings. The highest BCUT2D eigenvalue weighted by atomic mass is 32.2. The summed E-state index contributed by atoms with van der Waals surface area (Å²) >= 11 is 0. The maximum absolute atomic E-state index is 12.3. The highest BCUT2D eigenvalue weighted by molar-refractivity contribution is 7.89. The SMILES string of the molecule is CCC1CCCCN1CCCNS(=O)(=O)c1ccc(C)c([N+](=O)[O-])c1. The van der Waals surface area contributed by atoms with Crippen molar-refractivity contribution in [3.05, 3.63) is 33.9 Å². The van der Waals surface area contributed by atoms with Gasteiger partial charge in [0.25, 0.3) is 5.69 Å². The molecule has 1 unspecified atom stereocenters. The van der Waals surface area contributed by atoms with Crippen molar-refractivity contribution in [2.24, 2.45) is 0 Å². The number of sulfonamides is 1. The molecule has 1 aliphatic rings. The zero-order valence-electron chi connectivity index (χ0n) is 14.9. The number of benzene rings is 1. The highest BCUT2D eigenvalue weighted by Crippen LogP contribution is 2.22. The van der Waals surface area contributed by atoms with Gasteiger partial charge in [0, 0.05) is 24.2 Å². The zero-order valence-corrected chi connectivity index (χ0v) is 15.7. The smallest absolute Gasteiger partial charge is 0.273 e. The number of hydrogen-bond donors (Lipinski definition) is 1. The number of nitrogens with one attached hydrogen (secondary N) is 1. The van der Waals surface area contributed by atoms with Crippen molar-refractivity contribution in [2.75, 3.05) is 19.6 Å². The van der Waals surface area contributed by atoms with E-state index in [9.17, 15) is 18.5 Å². The molecule has 1 aromatic rings. The zero-order chi connectivity index (χ0) is 18.4. The van der Waals surface area contributed by atoms with Gasteiger partial charge in [-0.2, -0.15) is 0 Å². The fraction of sp³-hybridized carbons (Fsp3) is 0.647. The van der Waals surface area contributed by atoms with E-state index in [-0.39, 0.29) is 10.6 Å². The summed E-state index contributed by atoms with van der Waals surface area (Å²) in [6.45, 7) is 6.06. The average molecular weight is 369 g/mol. The number of aryl methyl sites for hydroxylation is 1. The average Bonchev–Trinajstić information content (AvgIpc) is 2.59. The second-order valence-electron chi connectivity index (χ2n) is 6.55. The maximum atomic E-state index is 12.3. The van der Waals surface area contributed by atoms with Crippen LogP contribution < -0.4 is 4.72 Å². The summed E-state index contributed by atoms with van der Waals surface area (Å²) in [4.78, 5) is 12.8. The van der Waals surface area contributed by atoms with E-state index in [1.165, 1.54) is 31.4 Å². The van der Waals surface area contributed by atoms with Crippen LogP contribution in [0.3, 0.4) is 0 Å². The van der Waals surface area contributed by atoms with Crippen molar-refractivity contribution in [2.45, 2.75) is 56.9 Å². The topological polar surface area (TPSA) is 92.6 Å². The van der Waals surface area contributed by atoms with E-state index in [1.54, 1.807) is 6.92 Å². The number of likely N-dealkylation sites (tertiary alicyclic amines) is 1. The summed E-state index contributed by atoms with van der Waals surface area (Å²) in [6, 6.07) is 4.59. The lowest BCUT2D eigenvalue weighted by atomic mass is 10.00. The van der Waals surface area contributed by atoms with E-state index in [2.05, 4.69) is 16.5 Å². The molecule has 0 saturated carbocycles. The second-order valence-corrected chi connectivity index (χ2v) is 8.32. The molecule has 1 N–H and O–H groups in total. The summed E-state index contributed by atoms with van der Waals surface area (Å²) in [6.07, 6.45) is 5.54. The maximum Gasteiger partial charge on any atom is 0.273 e. The van der Waals surface area contributed by atoms with Crippen LogP contribution in [-0.4, -0.2) is 43.9 Å². The van der Waals surface area contributed by atoms with E-state index < -0.39 is 14.9 Å². The third-order valence-electron chi connectivity index (χ3n) is 4.82. The Morgan fingerprint density at radius 3 is 2.80 bits per heavy atom. The van der Waals surface area contributed by atoms with E-state index >= 15 is 0 Å². The summed E-state index contributed by atoms with van der Waals surface area (Å²) in [5.74, 6) is 0. The molecule has 1 atom stereocenters. The lowest BCUT2D eigenvalue weighted by Crippen LogP contribution is -2.40. The molecular formula is C17H27N3O4S. The van der Waals surface area contributed by atoms with Crippen LogP contribution >= 0.6 is 0 Å². The number of piperidine rings is 1. The minimum absolute atomic E-state index is 0.0609. The van der Waals surface area contributed by atoms with Crippen LogP contribution in [0.2, 0.25) is 0 Å². The van der Waals surface area contributed by atoms with Gasteiger partial charge in [-0.1, -0.05) is 19.4 Å². The monoisotopic (exact) mass is 369 g/mol. The fourth-order valence-electron chi connectivity index (χ4n) is 3.34. The Kier molecular flexibility index (Phi) is 6.92. The molecule has 0 spiro atoms. The number of nitro benzene ring substituents is 1. The lowest BCUT2D eigenvalue weighted by molar-refractivity contribution is -0.385. The normalized spacial score (nSPS) is 19.0. The predicted octanol–water partition coefficient (Wildman–Crippen LogP) is 2.84. The van der Waals surface area contributed by atoms with Crippen molar-refractivity contribution in [3.63, 3.8) is 0 Å². The molecule has 0 amide bonds. The van der Waals surface area contributed by atoms with E-state index in [0.29, 0.717) is 18.2 Å². The van der Waals surface area contributed by atoms with Gasteiger partial charge >= 0.3 is 0 Å². The number of rotatable bonds is 8. The Morgan fingerprint density at radius 1 is 1.36 bits per heavy atom. The van der Waals surface area contributed by atoms with E-state index in [4.69, 9.17) is 0 Å². The third kappa shape index (κ3) is 5.23. The van der Waals surface area contributed by atoms with Gasteiger partial charge in [-0.05, 0) is 51.8 Å². The van der Waals surface area contributed by atoms with Gasteiger partial charge in [-0.25, -0.2) is 13.1 Å². The van der Waals surface area contributed by atoms with Crippen molar-refractivity contribution < 1.29 is 13.3 Å². The highest BCUT2D eigenvalue weighted by Gasteiger charge is 2.21. The summed E-state index contributed by atoms with van der Waals surface area (Å²) in [7, 11) is -3.73. The molecule has 8 heteroatoms.